The topological polar surface area (TPSA) is 98.5 Å². The van der Waals surface area contributed by atoms with Crippen LogP contribution in [-0.2, 0) is 16.6 Å². The standard InChI is InChI=1S/C32H27Cl3N2O5S/c33-26-2-1-3-27(34)29(26)30-25(31(42-36-30)18-6-7-18)16-41-20-10-13-22(28(35)14-20)24-15-23(24)17-4-8-19(9-5-17)32(38)37-43(39,40)21-11-12-21/h1-5,8-10,13-14,18,21,23-24H,6-7,11-12,15-16H2,(H,37,38)/t23-,24-/m0/s1. The number of aromatic nitrogens is 1. The number of carbonyl (C=O) groups is 1. The second-order valence-corrected chi connectivity index (χ2v) is 14.6. The summed E-state index contributed by atoms with van der Waals surface area (Å²) in [6, 6.07) is 18.2. The zero-order chi connectivity index (χ0) is 29.9. The van der Waals surface area contributed by atoms with Crippen LogP contribution in [0.4, 0.5) is 0 Å². The molecule has 1 N–H and O–H groups in total. The van der Waals surface area contributed by atoms with E-state index in [-0.39, 0.29) is 18.4 Å². The molecule has 1 amide bonds. The van der Waals surface area contributed by atoms with E-state index in [0.717, 1.165) is 41.7 Å². The SMILES string of the molecule is O=C(NS(=O)(=O)C1CC1)c1ccc([C@@H]2C[C@H]2c2ccc(OCc3c(-c4c(Cl)cccc4Cl)noc3C3CC3)cc2Cl)cc1. The minimum absolute atomic E-state index is 0.232. The Bertz CT molecular complexity index is 1810. The molecule has 4 aromatic rings. The number of carbonyl (C=O) groups excluding carboxylic acids is 1. The second-order valence-electron chi connectivity index (χ2n) is 11.5. The molecule has 0 spiro atoms. The maximum atomic E-state index is 12.4. The van der Waals surface area contributed by atoms with Crippen LogP contribution in [0.2, 0.25) is 15.1 Å². The first kappa shape index (κ1) is 28.7. The third kappa shape index (κ3) is 5.90. The summed E-state index contributed by atoms with van der Waals surface area (Å²) in [6.07, 6.45) is 4.21. The number of nitrogens with zero attached hydrogens (tertiary/aromatic N) is 1. The molecule has 1 heterocycles. The van der Waals surface area contributed by atoms with E-state index >= 15 is 0 Å². The molecular formula is C32H27Cl3N2O5S. The van der Waals surface area contributed by atoms with Gasteiger partial charge in [-0.2, -0.15) is 0 Å². The van der Waals surface area contributed by atoms with Gasteiger partial charge >= 0.3 is 0 Å². The van der Waals surface area contributed by atoms with E-state index in [9.17, 15) is 13.2 Å². The molecule has 3 saturated carbocycles. The van der Waals surface area contributed by atoms with Crippen molar-refractivity contribution in [2.24, 2.45) is 0 Å². The van der Waals surface area contributed by atoms with E-state index in [4.69, 9.17) is 44.1 Å². The second kappa shape index (κ2) is 11.1. The Labute approximate surface area is 264 Å². The van der Waals surface area contributed by atoms with Gasteiger partial charge < -0.3 is 9.26 Å². The largest absolute Gasteiger partial charge is 0.489 e. The highest BCUT2D eigenvalue weighted by atomic mass is 35.5. The Morgan fingerprint density at radius 1 is 0.930 bits per heavy atom. The third-order valence-corrected chi connectivity index (χ3v) is 11.1. The lowest BCUT2D eigenvalue weighted by Crippen LogP contribution is -2.33. The number of hydrogen-bond acceptors (Lipinski definition) is 6. The molecule has 0 saturated heterocycles. The van der Waals surface area contributed by atoms with Gasteiger partial charge in [0.15, 0.2) is 0 Å². The monoisotopic (exact) mass is 656 g/mol. The van der Waals surface area contributed by atoms with Crippen LogP contribution in [0.25, 0.3) is 11.3 Å². The van der Waals surface area contributed by atoms with Crippen LogP contribution in [0, 0.1) is 0 Å². The summed E-state index contributed by atoms with van der Waals surface area (Å²) >= 11 is 19.7. The Kier molecular flexibility index (Phi) is 7.45. The number of nitrogens with one attached hydrogen (secondary N) is 1. The van der Waals surface area contributed by atoms with Crippen molar-refractivity contribution in [3.05, 3.63) is 104 Å². The fourth-order valence-corrected chi connectivity index (χ4v) is 7.73. The van der Waals surface area contributed by atoms with Crippen molar-refractivity contribution >= 4 is 50.7 Å². The van der Waals surface area contributed by atoms with Crippen LogP contribution < -0.4 is 9.46 Å². The van der Waals surface area contributed by atoms with Gasteiger partial charge in [0, 0.05) is 22.1 Å². The molecule has 3 aromatic carbocycles. The minimum atomic E-state index is -3.58. The maximum Gasteiger partial charge on any atom is 0.264 e. The fraction of sp³-hybridized carbons (Fsp3) is 0.312. The van der Waals surface area contributed by atoms with Gasteiger partial charge in [0.05, 0.1) is 20.9 Å². The third-order valence-electron chi connectivity index (χ3n) is 8.31. The van der Waals surface area contributed by atoms with Crippen LogP contribution in [0.3, 0.4) is 0 Å². The lowest BCUT2D eigenvalue weighted by Gasteiger charge is -2.11. The van der Waals surface area contributed by atoms with Crippen molar-refractivity contribution in [1.82, 2.24) is 9.88 Å². The molecule has 0 radical (unpaired) electrons. The van der Waals surface area contributed by atoms with Crippen LogP contribution in [0.1, 0.15) is 82.7 Å². The van der Waals surface area contributed by atoms with Gasteiger partial charge in [-0.1, -0.05) is 64.2 Å². The summed E-state index contributed by atoms with van der Waals surface area (Å²) in [4.78, 5) is 12.4. The van der Waals surface area contributed by atoms with Gasteiger partial charge in [-0.05, 0) is 91.5 Å². The van der Waals surface area contributed by atoms with Gasteiger partial charge in [-0.25, -0.2) is 13.1 Å². The molecule has 7 nitrogen and oxygen atoms in total. The summed E-state index contributed by atoms with van der Waals surface area (Å²) in [7, 11) is -3.58. The molecular weight excluding hydrogens is 631 g/mol. The normalized spacial score (nSPS) is 19.7. The number of sulfonamides is 1. The van der Waals surface area contributed by atoms with Crippen molar-refractivity contribution in [2.75, 3.05) is 0 Å². The highest BCUT2D eigenvalue weighted by molar-refractivity contribution is 7.91. The quantitative estimate of drug-likeness (QED) is 0.184. The predicted molar refractivity (Wildman–Crippen MR) is 166 cm³/mol. The van der Waals surface area contributed by atoms with Crippen molar-refractivity contribution < 1.29 is 22.5 Å². The Morgan fingerprint density at radius 2 is 1.65 bits per heavy atom. The highest BCUT2D eigenvalue weighted by Crippen LogP contribution is 2.56. The molecule has 3 aliphatic carbocycles. The summed E-state index contributed by atoms with van der Waals surface area (Å²) < 4.78 is 38.3. The van der Waals surface area contributed by atoms with E-state index in [1.807, 2.05) is 30.3 Å². The first-order chi connectivity index (χ1) is 20.7. The lowest BCUT2D eigenvalue weighted by atomic mass is 10.0. The van der Waals surface area contributed by atoms with Crippen LogP contribution in [0.15, 0.2) is 65.2 Å². The highest BCUT2D eigenvalue weighted by Gasteiger charge is 2.41. The molecule has 3 aliphatic rings. The zero-order valence-electron chi connectivity index (χ0n) is 22.9. The number of rotatable bonds is 10. The van der Waals surface area contributed by atoms with Gasteiger partial charge in [0.2, 0.25) is 10.0 Å². The van der Waals surface area contributed by atoms with Gasteiger partial charge in [0.1, 0.15) is 23.8 Å². The van der Waals surface area contributed by atoms with Crippen molar-refractivity contribution in [2.45, 2.75) is 61.7 Å². The van der Waals surface area contributed by atoms with Crippen LogP contribution >= 0.6 is 34.8 Å². The van der Waals surface area contributed by atoms with Crippen molar-refractivity contribution in [1.29, 1.82) is 0 Å². The molecule has 0 unspecified atom stereocenters. The molecule has 1 aromatic heterocycles. The molecule has 222 valence electrons. The Hall–Kier alpha value is -3.04. The molecule has 2 atom stereocenters. The predicted octanol–water partition coefficient (Wildman–Crippen LogP) is 8.25. The average Bonchev–Trinajstić information content (AvgIpc) is 3.84. The molecule has 3 fully saturated rings. The number of ether oxygens (including phenoxy) is 1. The zero-order valence-corrected chi connectivity index (χ0v) is 25.9. The van der Waals surface area contributed by atoms with Gasteiger partial charge in [-0.3, -0.25) is 4.79 Å². The molecule has 11 heteroatoms. The van der Waals surface area contributed by atoms with E-state index in [2.05, 4.69) is 9.88 Å². The smallest absolute Gasteiger partial charge is 0.264 e. The summed E-state index contributed by atoms with van der Waals surface area (Å²) in [5, 5.41) is 5.49. The average molecular weight is 658 g/mol. The van der Waals surface area contributed by atoms with E-state index in [1.54, 1.807) is 30.3 Å². The first-order valence-corrected chi connectivity index (χ1v) is 16.9. The fourth-order valence-electron chi connectivity index (χ4n) is 5.54. The van der Waals surface area contributed by atoms with Crippen molar-refractivity contribution in [3.63, 3.8) is 0 Å². The Balaban J connectivity index is 1.02. The number of halogens is 3. The Morgan fingerprint density at radius 3 is 2.30 bits per heavy atom. The van der Waals surface area contributed by atoms with Gasteiger partial charge in [-0.15, -0.1) is 0 Å². The molecule has 43 heavy (non-hydrogen) atoms. The number of benzene rings is 3. The van der Waals surface area contributed by atoms with Crippen LogP contribution in [0.5, 0.6) is 5.75 Å². The van der Waals surface area contributed by atoms with Crippen molar-refractivity contribution in [3.8, 4) is 17.0 Å². The van der Waals surface area contributed by atoms with E-state index in [0.29, 0.717) is 56.4 Å². The van der Waals surface area contributed by atoms with Crippen LogP contribution in [-0.4, -0.2) is 24.7 Å². The summed E-state index contributed by atoms with van der Waals surface area (Å²) in [5.74, 6) is 1.66. The van der Waals surface area contributed by atoms with E-state index in [1.165, 1.54) is 0 Å². The van der Waals surface area contributed by atoms with Gasteiger partial charge in [0.25, 0.3) is 5.91 Å². The minimum Gasteiger partial charge on any atom is -0.489 e. The lowest BCUT2D eigenvalue weighted by molar-refractivity contribution is 0.0981. The first-order valence-electron chi connectivity index (χ1n) is 14.2. The molecule has 7 rings (SSSR count). The maximum absolute atomic E-state index is 12.4. The summed E-state index contributed by atoms with van der Waals surface area (Å²) in [6.45, 7) is 0.232. The summed E-state index contributed by atoms with van der Waals surface area (Å²) in [5.41, 5.74) is 4.49. The number of hydrogen-bond donors (Lipinski definition) is 1. The molecule has 0 bridgehead atoms. The number of amides is 1. The molecule has 0 aliphatic heterocycles. The van der Waals surface area contributed by atoms with E-state index < -0.39 is 21.2 Å².